The van der Waals surface area contributed by atoms with Crippen LogP contribution < -0.4 is 58.3 Å². The molecule has 0 bridgehead atoms. The first kappa shape index (κ1) is 47.6. The van der Waals surface area contributed by atoms with Gasteiger partial charge in [0.05, 0.1) is 44.4 Å². The summed E-state index contributed by atoms with van der Waals surface area (Å²) in [7, 11) is 1.98. The zero-order chi connectivity index (χ0) is 47.6. The van der Waals surface area contributed by atoms with Gasteiger partial charge in [0.15, 0.2) is 0 Å². The Kier molecular flexibility index (Phi) is 13.7. The maximum Gasteiger partial charge on any atom is 1.00 e. The number of methoxy groups -OCH3 is 4. The minimum Gasteiger partial charge on any atom is -0.744 e. The van der Waals surface area contributed by atoms with Crippen molar-refractivity contribution in [2.45, 2.75) is 4.90 Å². The fraction of sp³-hybridized carbons (Fsp3) is 0.0690. The molecule has 0 aliphatic rings. The van der Waals surface area contributed by atoms with Gasteiger partial charge < -0.3 is 37.9 Å². The molecule has 0 saturated heterocycles. The normalized spacial score (nSPS) is 11.2. The predicted octanol–water partition coefficient (Wildman–Crippen LogP) is 11.0. The minimum absolute atomic E-state index is 0. The molecule has 0 saturated carbocycles. The molecule has 9 aromatic carbocycles. The Morgan fingerprint density at radius 3 is 0.943 bits per heavy atom. The van der Waals surface area contributed by atoms with E-state index in [4.69, 9.17) is 18.9 Å². The van der Waals surface area contributed by atoms with Gasteiger partial charge in [-0.2, -0.15) is 0 Å². The summed E-state index contributed by atoms with van der Waals surface area (Å²) in [4.78, 5) is 4.09. The zero-order valence-electron chi connectivity index (χ0n) is 39.2. The third kappa shape index (κ3) is 9.21. The van der Waals surface area contributed by atoms with Crippen LogP contribution in [-0.4, -0.2) is 46.0 Å². The van der Waals surface area contributed by atoms with Crippen LogP contribution in [-0.2, 0) is 10.1 Å². The molecule has 70 heavy (non-hydrogen) atoms. The quantitative estimate of drug-likeness (QED) is 0.0778. The number of hydrogen-bond acceptors (Lipinski definition) is 9. The first-order valence-electron chi connectivity index (χ1n) is 22.2. The van der Waals surface area contributed by atoms with Gasteiger partial charge in [0.25, 0.3) is 0 Å². The molecule has 0 N–H and O–H groups in total. The molecular weight excluding hydrogens is 906 g/mol. The SMILES string of the molecule is COc1ccc(N(c2ccc(OC)cc2)c2ccc(-c3cccc4c3c3c(-c5ccc(N(c6ccc(OC)cc6)c6ccc(OC)cc6)cc5)cccc3n4-c3ccc(S(=O)(=O)[O-])cc3)cc2)cc1.[Na+]. The summed E-state index contributed by atoms with van der Waals surface area (Å²) >= 11 is 0. The third-order valence-corrected chi connectivity index (χ3v) is 13.2. The van der Waals surface area contributed by atoms with Gasteiger partial charge in [-0.1, -0.05) is 48.5 Å². The van der Waals surface area contributed by atoms with Gasteiger partial charge in [0.2, 0.25) is 0 Å². The number of ether oxygens (including phenoxy) is 4. The molecule has 1 heterocycles. The Morgan fingerprint density at radius 2 is 0.671 bits per heavy atom. The van der Waals surface area contributed by atoms with Gasteiger partial charge in [-0.25, -0.2) is 8.42 Å². The van der Waals surface area contributed by atoms with Crippen LogP contribution in [0.5, 0.6) is 23.0 Å². The number of aromatic nitrogens is 1. The topological polar surface area (TPSA) is 106 Å². The van der Waals surface area contributed by atoms with Gasteiger partial charge >= 0.3 is 29.6 Å². The number of benzene rings is 9. The van der Waals surface area contributed by atoms with Crippen molar-refractivity contribution in [2.75, 3.05) is 38.2 Å². The largest absolute Gasteiger partial charge is 1.00 e. The molecule has 12 heteroatoms. The molecule has 10 aromatic rings. The molecule has 0 spiro atoms. The van der Waals surface area contributed by atoms with Gasteiger partial charge in [0, 0.05) is 50.6 Å². The summed E-state index contributed by atoms with van der Waals surface area (Å²) in [6, 6.07) is 67.6. The van der Waals surface area contributed by atoms with E-state index in [1.807, 2.05) is 109 Å². The monoisotopic (exact) mass is 951 g/mol. The second kappa shape index (κ2) is 20.2. The second-order valence-corrected chi connectivity index (χ2v) is 17.6. The molecule has 10 nitrogen and oxygen atoms in total. The van der Waals surface area contributed by atoms with Crippen molar-refractivity contribution in [3.8, 4) is 50.9 Å². The Hall–Kier alpha value is -7.51. The van der Waals surface area contributed by atoms with E-state index in [1.54, 1.807) is 40.6 Å². The standard InChI is InChI=1S/C58H47N3O7S.Na/c1-65-48-29-19-43(20-30-48)59(44-21-31-49(66-2)32-22-44)41-15-11-39(12-16-41)53-7-5-9-55-57(53)58-54(8-6-10-56(58)61(55)47-27-37-52(38-28-47)69(62,63)64)40-13-17-42(18-14-40)60(45-23-33-50(67-3)34-24-45)46-25-35-51(68-4)36-26-46;/h5-38H,1-4H3,(H,62,63,64);/q;+1/p-1. The van der Waals surface area contributed by atoms with E-state index in [2.05, 4.69) is 87.2 Å². The summed E-state index contributed by atoms with van der Waals surface area (Å²) in [5, 5.41) is 2.03. The van der Waals surface area contributed by atoms with Gasteiger partial charge in [-0.3, -0.25) is 0 Å². The van der Waals surface area contributed by atoms with Crippen LogP contribution in [0, 0.1) is 0 Å². The Morgan fingerprint density at radius 1 is 0.386 bits per heavy atom. The predicted molar refractivity (Wildman–Crippen MR) is 275 cm³/mol. The van der Waals surface area contributed by atoms with E-state index < -0.39 is 10.1 Å². The van der Waals surface area contributed by atoms with Gasteiger partial charge in [-0.05, 0) is 180 Å². The number of hydrogen-bond donors (Lipinski definition) is 0. The van der Waals surface area contributed by atoms with Crippen molar-refractivity contribution in [1.82, 2.24) is 4.57 Å². The van der Waals surface area contributed by atoms with E-state index in [1.165, 1.54) is 12.1 Å². The van der Waals surface area contributed by atoms with Crippen LogP contribution in [0.3, 0.4) is 0 Å². The van der Waals surface area contributed by atoms with Crippen LogP contribution in [0.25, 0.3) is 49.7 Å². The number of anilines is 6. The first-order valence-corrected chi connectivity index (χ1v) is 23.6. The van der Waals surface area contributed by atoms with Crippen molar-refractivity contribution in [2.24, 2.45) is 0 Å². The van der Waals surface area contributed by atoms with Crippen LogP contribution in [0.15, 0.2) is 211 Å². The van der Waals surface area contributed by atoms with E-state index in [0.29, 0.717) is 5.69 Å². The van der Waals surface area contributed by atoms with Gasteiger partial charge in [-0.15, -0.1) is 0 Å². The first-order chi connectivity index (χ1) is 33.6. The molecule has 0 fully saturated rings. The summed E-state index contributed by atoms with van der Waals surface area (Å²) < 4.78 is 60.2. The summed E-state index contributed by atoms with van der Waals surface area (Å²) in [6.07, 6.45) is 0. The zero-order valence-corrected chi connectivity index (χ0v) is 42.1. The maximum atomic E-state index is 12.0. The van der Waals surface area contributed by atoms with Crippen molar-refractivity contribution < 1.29 is 61.5 Å². The molecule has 0 radical (unpaired) electrons. The van der Waals surface area contributed by atoms with Crippen molar-refractivity contribution >= 4 is 66.0 Å². The summed E-state index contributed by atoms with van der Waals surface area (Å²) in [5.41, 5.74) is 12.3. The van der Waals surface area contributed by atoms with Gasteiger partial charge in [0.1, 0.15) is 33.1 Å². The molecule has 0 unspecified atom stereocenters. The fourth-order valence-corrected chi connectivity index (χ4v) is 9.50. The van der Waals surface area contributed by atoms with Crippen LogP contribution in [0.1, 0.15) is 0 Å². The smallest absolute Gasteiger partial charge is 0.744 e. The second-order valence-electron chi connectivity index (χ2n) is 16.2. The molecule has 0 atom stereocenters. The Balaban J connectivity index is 0.00000608. The average molecular weight is 952 g/mol. The number of rotatable bonds is 14. The molecule has 342 valence electrons. The van der Waals surface area contributed by atoms with E-state index in [9.17, 15) is 13.0 Å². The molecule has 1 aromatic heterocycles. The number of nitrogens with zero attached hydrogens (tertiary/aromatic N) is 3. The van der Waals surface area contributed by atoms with Crippen LogP contribution in [0.2, 0.25) is 0 Å². The third-order valence-electron chi connectivity index (χ3n) is 12.4. The molecular formula is C58H46N3NaO7S. The van der Waals surface area contributed by atoms with E-state index in [-0.39, 0.29) is 34.5 Å². The molecule has 0 amide bonds. The Bertz CT molecular complexity index is 3240. The number of fused-ring (bicyclic) bond motifs is 3. The molecule has 0 aliphatic carbocycles. The maximum absolute atomic E-state index is 12.0. The van der Waals surface area contributed by atoms with Crippen molar-refractivity contribution in [3.63, 3.8) is 0 Å². The van der Waals surface area contributed by atoms with Crippen LogP contribution in [0.4, 0.5) is 34.1 Å². The summed E-state index contributed by atoms with van der Waals surface area (Å²) in [6.45, 7) is 0. The van der Waals surface area contributed by atoms with E-state index >= 15 is 0 Å². The van der Waals surface area contributed by atoms with E-state index in [0.717, 1.165) is 101 Å². The minimum atomic E-state index is -4.65. The van der Waals surface area contributed by atoms with Crippen LogP contribution >= 0.6 is 0 Å². The van der Waals surface area contributed by atoms with Crippen molar-refractivity contribution in [1.29, 1.82) is 0 Å². The fourth-order valence-electron chi connectivity index (χ4n) is 9.03. The molecule has 0 aliphatic heterocycles. The Labute approximate surface area is 429 Å². The average Bonchev–Trinajstić information content (AvgIpc) is 3.75. The summed E-state index contributed by atoms with van der Waals surface area (Å²) in [5.74, 6) is 3.06. The van der Waals surface area contributed by atoms with Crippen molar-refractivity contribution in [3.05, 3.63) is 206 Å². The molecule has 10 rings (SSSR count).